The molecule has 3 N–H and O–H groups in total. The minimum Gasteiger partial charge on any atom is -0.397 e. The molecular weight excluding hydrogens is 172 g/mol. The molecule has 0 saturated carbocycles. The molecule has 0 amide bonds. The summed E-state index contributed by atoms with van der Waals surface area (Å²) >= 11 is 0. The second-order valence-electron chi connectivity index (χ2n) is 3.25. The van der Waals surface area contributed by atoms with E-state index in [1.807, 2.05) is 12.2 Å². The van der Waals surface area contributed by atoms with E-state index >= 15 is 0 Å². The molecule has 0 spiro atoms. The van der Waals surface area contributed by atoms with Crippen LogP contribution in [0.2, 0.25) is 0 Å². The van der Waals surface area contributed by atoms with Crippen LogP contribution >= 0.6 is 0 Å². The van der Waals surface area contributed by atoms with Gasteiger partial charge in [-0.2, -0.15) is 0 Å². The molecule has 0 fully saturated rings. The van der Waals surface area contributed by atoms with E-state index in [0.717, 1.165) is 17.1 Å². The fourth-order valence-corrected chi connectivity index (χ4v) is 1.34. The molecule has 0 aromatic heterocycles. The van der Waals surface area contributed by atoms with Crippen LogP contribution in [0.3, 0.4) is 0 Å². The van der Waals surface area contributed by atoms with E-state index in [2.05, 4.69) is 31.5 Å². The highest BCUT2D eigenvalue weighted by atomic mass is 14.9. The molecule has 2 nitrogen and oxygen atoms in total. The molecular formula is C12H16N2. The quantitative estimate of drug-likeness (QED) is 0.664. The average Bonchev–Trinajstić information content (AvgIpc) is 2.44. The highest BCUT2D eigenvalue weighted by Gasteiger charge is 2.11. The number of rotatable bonds is 4. The van der Waals surface area contributed by atoms with Crippen molar-refractivity contribution in [1.29, 1.82) is 0 Å². The van der Waals surface area contributed by atoms with Crippen LogP contribution in [0.1, 0.15) is 6.92 Å². The molecule has 74 valence electrons. The molecule has 1 aliphatic carbocycles. The van der Waals surface area contributed by atoms with Crippen molar-refractivity contribution in [3.05, 3.63) is 60.6 Å². The zero-order chi connectivity index (χ0) is 10.6. The van der Waals surface area contributed by atoms with Gasteiger partial charge in [0.05, 0.1) is 11.4 Å². The van der Waals surface area contributed by atoms with Crippen molar-refractivity contribution >= 4 is 0 Å². The summed E-state index contributed by atoms with van der Waals surface area (Å²) in [5, 5.41) is 3.19. The zero-order valence-electron chi connectivity index (χ0n) is 8.46. The van der Waals surface area contributed by atoms with Gasteiger partial charge >= 0.3 is 0 Å². The number of nitrogens with two attached hydrogens (primary N) is 1. The zero-order valence-corrected chi connectivity index (χ0v) is 8.46. The summed E-state index contributed by atoms with van der Waals surface area (Å²) in [5.41, 5.74) is 8.45. The summed E-state index contributed by atoms with van der Waals surface area (Å²) in [6, 6.07) is 0. The molecule has 0 aliphatic heterocycles. The van der Waals surface area contributed by atoms with E-state index in [9.17, 15) is 0 Å². The standard InChI is InChI=1S/C12H16N2/c1-4-6-10(5-2)14-12-8-9(3)7-11(12)13/h4-9,14H,1-2,13H2,3H3/b10-6+. The molecule has 0 aromatic rings. The van der Waals surface area contributed by atoms with E-state index in [4.69, 9.17) is 5.73 Å². The minimum absolute atomic E-state index is 0.396. The Morgan fingerprint density at radius 3 is 2.64 bits per heavy atom. The van der Waals surface area contributed by atoms with Crippen LogP contribution in [0, 0.1) is 5.92 Å². The van der Waals surface area contributed by atoms with Gasteiger partial charge in [0.25, 0.3) is 0 Å². The predicted octanol–water partition coefficient (Wildman–Crippen LogP) is 2.21. The smallest absolute Gasteiger partial charge is 0.0580 e. The predicted molar refractivity (Wildman–Crippen MR) is 61.1 cm³/mol. The summed E-state index contributed by atoms with van der Waals surface area (Å²) in [4.78, 5) is 0. The molecule has 2 heteroatoms. The lowest BCUT2D eigenvalue weighted by atomic mass is 10.2. The lowest BCUT2D eigenvalue weighted by Crippen LogP contribution is -2.15. The van der Waals surface area contributed by atoms with Crippen LogP contribution in [0.5, 0.6) is 0 Å². The third-order valence-corrected chi connectivity index (χ3v) is 1.98. The van der Waals surface area contributed by atoms with Gasteiger partial charge in [0.2, 0.25) is 0 Å². The third-order valence-electron chi connectivity index (χ3n) is 1.98. The highest BCUT2D eigenvalue weighted by molar-refractivity contribution is 5.39. The van der Waals surface area contributed by atoms with Crippen LogP contribution in [0.15, 0.2) is 60.6 Å². The second kappa shape index (κ2) is 4.51. The van der Waals surface area contributed by atoms with Crippen molar-refractivity contribution in [3.63, 3.8) is 0 Å². The topological polar surface area (TPSA) is 38.0 Å². The number of nitrogens with one attached hydrogen (secondary N) is 1. The van der Waals surface area contributed by atoms with Crippen molar-refractivity contribution in [3.8, 4) is 0 Å². The van der Waals surface area contributed by atoms with Gasteiger partial charge in [0.15, 0.2) is 0 Å². The monoisotopic (exact) mass is 188 g/mol. The minimum atomic E-state index is 0.396. The van der Waals surface area contributed by atoms with Crippen molar-refractivity contribution in [2.24, 2.45) is 11.7 Å². The van der Waals surface area contributed by atoms with Gasteiger partial charge < -0.3 is 11.1 Å². The van der Waals surface area contributed by atoms with Crippen LogP contribution < -0.4 is 11.1 Å². The Morgan fingerprint density at radius 1 is 1.50 bits per heavy atom. The van der Waals surface area contributed by atoms with Crippen LogP contribution in [0.4, 0.5) is 0 Å². The summed E-state index contributed by atoms with van der Waals surface area (Å²) in [6.45, 7) is 9.42. The largest absolute Gasteiger partial charge is 0.397 e. The number of hydrogen-bond donors (Lipinski definition) is 2. The maximum Gasteiger partial charge on any atom is 0.0580 e. The summed E-state index contributed by atoms with van der Waals surface area (Å²) in [7, 11) is 0. The molecule has 1 rings (SSSR count). The molecule has 0 saturated heterocycles. The fourth-order valence-electron chi connectivity index (χ4n) is 1.34. The Kier molecular flexibility index (Phi) is 3.35. The van der Waals surface area contributed by atoms with E-state index in [1.54, 1.807) is 12.2 Å². The lowest BCUT2D eigenvalue weighted by Gasteiger charge is -2.08. The van der Waals surface area contributed by atoms with Crippen molar-refractivity contribution in [1.82, 2.24) is 5.32 Å². The first kappa shape index (κ1) is 10.4. The van der Waals surface area contributed by atoms with Gasteiger partial charge in [0, 0.05) is 5.70 Å². The van der Waals surface area contributed by atoms with Crippen molar-refractivity contribution in [2.45, 2.75) is 6.92 Å². The van der Waals surface area contributed by atoms with Crippen LogP contribution in [-0.2, 0) is 0 Å². The van der Waals surface area contributed by atoms with Gasteiger partial charge in [-0.3, -0.25) is 0 Å². The molecule has 1 aliphatic rings. The van der Waals surface area contributed by atoms with Gasteiger partial charge in [-0.05, 0) is 18.1 Å². The van der Waals surface area contributed by atoms with Gasteiger partial charge in [-0.25, -0.2) is 0 Å². The molecule has 14 heavy (non-hydrogen) atoms. The van der Waals surface area contributed by atoms with E-state index < -0.39 is 0 Å². The third kappa shape index (κ3) is 2.39. The van der Waals surface area contributed by atoms with Crippen molar-refractivity contribution < 1.29 is 0 Å². The average molecular weight is 188 g/mol. The Labute approximate surface area is 85.2 Å². The summed E-state index contributed by atoms with van der Waals surface area (Å²) < 4.78 is 0. The van der Waals surface area contributed by atoms with Gasteiger partial charge in [0.1, 0.15) is 0 Å². The SMILES string of the molecule is C=C/C=C(\C=C)NC1=CC(C)C=C1N. The molecule has 0 bridgehead atoms. The molecule has 0 aromatic carbocycles. The van der Waals surface area contributed by atoms with Crippen molar-refractivity contribution in [2.75, 3.05) is 0 Å². The fraction of sp³-hybridized carbons (Fsp3) is 0.167. The van der Waals surface area contributed by atoms with Gasteiger partial charge in [-0.1, -0.05) is 38.3 Å². The number of allylic oxidation sites excluding steroid dienone is 5. The maximum absolute atomic E-state index is 5.81. The Bertz CT molecular complexity index is 332. The first-order chi connectivity index (χ1) is 6.67. The molecule has 0 heterocycles. The first-order valence-corrected chi connectivity index (χ1v) is 4.59. The maximum atomic E-state index is 5.81. The Morgan fingerprint density at radius 2 is 2.21 bits per heavy atom. The van der Waals surface area contributed by atoms with Crippen LogP contribution in [-0.4, -0.2) is 0 Å². The number of hydrogen-bond acceptors (Lipinski definition) is 2. The van der Waals surface area contributed by atoms with E-state index in [0.29, 0.717) is 5.92 Å². The molecule has 1 unspecified atom stereocenters. The normalized spacial score (nSPS) is 21.2. The highest BCUT2D eigenvalue weighted by Crippen LogP contribution is 2.18. The van der Waals surface area contributed by atoms with E-state index in [-0.39, 0.29) is 0 Å². The summed E-state index contributed by atoms with van der Waals surface area (Å²) in [6.07, 6.45) is 9.39. The van der Waals surface area contributed by atoms with E-state index in [1.165, 1.54) is 0 Å². The van der Waals surface area contributed by atoms with Gasteiger partial charge in [-0.15, -0.1) is 0 Å². The first-order valence-electron chi connectivity index (χ1n) is 4.59. The molecule has 0 radical (unpaired) electrons. The second-order valence-corrected chi connectivity index (χ2v) is 3.25. The van der Waals surface area contributed by atoms with Crippen LogP contribution in [0.25, 0.3) is 0 Å². The summed E-state index contributed by atoms with van der Waals surface area (Å²) in [5.74, 6) is 0.396. The Hall–Kier alpha value is -1.70. The molecule has 1 atom stereocenters. The lowest BCUT2D eigenvalue weighted by molar-refractivity contribution is 0.940. The Balaban J connectivity index is 2.74.